The van der Waals surface area contributed by atoms with E-state index < -0.39 is 52.5 Å². The molecule has 1 unspecified atom stereocenters. The third-order valence-electron chi connectivity index (χ3n) is 7.47. The molecule has 0 radical (unpaired) electrons. The van der Waals surface area contributed by atoms with E-state index in [1.54, 1.807) is 0 Å². The van der Waals surface area contributed by atoms with Crippen molar-refractivity contribution in [3.05, 3.63) is 93.5 Å². The van der Waals surface area contributed by atoms with Gasteiger partial charge < -0.3 is 15.3 Å². The average Bonchev–Trinajstić information content (AvgIpc) is 3.12. The molecule has 0 saturated heterocycles. The number of hydrogen-bond acceptors (Lipinski definition) is 4. The number of hydrogen-bond donors (Lipinski definition) is 2. The van der Waals surface area contributed by atoms with Gasteiger partial charge in [0.2, 0.25) is 0 Å². The van der Waals surface area contributed by atoms with Crippen LogP contribution in [0, 0.1) is 23.4 Å². The number of benzene rings is 2. The van der Waals surface area contributed by atoms with Crippen LogP contribution >= 0.6 is 11.6 Å². The molecule has 1 saturated carbocycles. The molecule has 5 rings (SSSR count). The van der Waals surface area contributed by atoms with Gasteiger partial charge in [-0.25, -0.2) is 22.0 Å². The number of halogens is 6. The number of alkyl halides is 2. The maximum atomic E-state index is 14.7. The number of aromatic nitrogens is 1. The topological polar surface area (TPSA) is 82.5 Å². The highest BCUT2D eigenvalue weighted by atomic mass is 35.5. The molecule has 0 bridgehead atoms. The van der Waals surface area contributed by atoms with Crippen LogP contribution in [0.3, 0.4) is 0 Å². The van der Waals surface area contributed by atoms with Crippen molar-refractivity contribution in [2.24, 2.45) is 5.92 Å². The summed E-state index contributed by atoms with van der Waals surface area (Å²) in [5, 5.41) is 14.3. The van der Waals surface area contributed by atoms with Gasteiger partial charge in [0, 0.05) is 29.9 Å². The molecule has 2 aliphatic rings. The maximum absolute atomic E-state index is 14.7. The van der Waals surface area contributed by atoms with Crippen molar-refractivity contribution in [2.75, 3.05) is 11.4 Å². The lowest BCUT2D eigenvalue weighted by atomic mass is 9.85. The molecule has 2 aromatic carbocycles. The van der Waals surface area contributed by atoms with Crippen LogP contribution in [0.4, 0.5) is 27.6 Å². The van der Waals surface area contributed by atoms with Gasteiger partial charge in [-0.2, -0.15) is 0 Å². The standard InChI is InChI=1S/C28H23ClF5N3O3/c29-15-9-19(24(25(33)34)35-12-15)26(38)36-18-5-1-14(2-6-18)13-37-23-11-17(31)3-7-20(23)28(40,27(37)39)21-10-16(30)4-8-22(21)32/h3-4,7-12,14,18,25,40H,1-2,5-6,13H2,(H,36,38)/t14-,18-,28?. The van der Waals surface area contributed by atoms with Crippen molar-refractivity contribution in [3.63, 3.8) is 0 Å². The van der Waals surface area contributed by atoms with Crippen molar-refractivity contribution in [1.29, 1.82) is 0 Å². The Hall–Kier alpha value is -3.57. The fourth-order valence-corrected chi connectivity index (χ4v) is 5.64. The first kappa shape index (κ1) is 28.0. The molecule has 1 fully saturated rings. The second kappa shape index (κ2) is 10.8. The zero-order valence-electron chi connectivity index (χ0n) is 20.8. The molecular weight excluding hydrogens is 557 g/mol. The normalized spacial score (nSPS) is 22.5. The number of carbonyl (C=O) groups is 2. The number of amides is 2. The molecule has 1 aliphatic heterocycles. The van der Waals surface area contributed by atoms with E-state index in [9.17, 15) is 36.6 Å². The summed E-state index contributed by atoms with van der Waals surface area (Å²) < 4.78 is 69.5. The Morgan fingerprint density at radius 2 is 1.73 bits per heavy atom. The lowest BCUT2D eigenvalue weighted by Gasteiger charge is -2.32. The summed E-state index contributed by atoms with van der Waals surface area (Å²) in [5.41, 5.74) is -4.11. The molecule has 2 heterocycles. The van der Waals surface area contributed by atoms with Gasteiger partial charge in [-0.1, -0.05) is 17.7 Å². The first-order valence-corrected chi connectivity index (χ1v) is 12.9. The van der Waals surface area contributed by atoms with E-state index in [0.717, 1.165) is 42.6 Å². The van der Waals surface area contributed by atoms with E-state index in [-0.39, 0.29) is 40.3 Å². The molecule has 1 atom stereocenters. The van der Waals surface area contributed by atoms with Crippen LogP contribution in [0.1, 0.15) is 59.3 Å². The Balaban J connectivity index is 1.31. The number of nitrogens with zero attached hydrogens (tertiary/aromatic N) is 2. The predicted molar refractivity (Wildman–Crippen MR) is 136 cm³/mol. The second-order valence-electron chi connectivity index (χ2n) is 9.99. The average molecular weight is 580 g/mol. The lowest BCUT2D eigenvalue weighted by molar-refractivity contribution is -0.132. The summed E-state index contributed by atoms with van der Waals surface area (Å²) in [6.45, 7) is 0.0585. The van der Waals surface area contributed by atoms with Gasteiger partial charge >= 0.3 is 0 Å². The number of carbonyl (C=O) groups excluding carboxylic acids is 2. The second-order valence-corrected chi connectivity index (χ2v) is 10.4. The highest BCUT2D eigenvalue weighted by Gasteiger charge is 2.53. The highest BCUT2D eigenvalue weighted by Crippen LogP contribution is 2.46. The van der Waals surface area contributed by atoms with Crippen molar-refractivity contribution >= 4 is 29.1 Å². The van der Waals surface area contributed by atoms with Crippen molar-refractivity contribution in [3.8, 4) is 0 Å². The zero-order valence-corrected chi connectivity index (χ0v) is 21.6. The third-order valence-corrected chi connectivity index (χ3v) is 7.68. The molecule has 0 spiro atoms. The Bertz CT molecular complexity index is 1480. The van der Waals surface area contributed by atoms with E-state index in [0.29, 0.717) is 25.7 Å². The van der Waals surface area contributed by atoms with E-state index in [1.807, 2.05) is 0 Å². The summed E-state index contributed by atoms with van der Waals surface area (Å²) in [7, 11) is 0. The van der Waals surface area contributed by atoms with Crippen molar-refractivity contribution < 1.29 is 36.6 Å². The first-order chi connectivity index (χ1) is 19.0. The molecule has 1 aromatic heterocycles. The van der Waals surface area contributed by atoms with Crippen LogP contribution in [0.25, 0.3) is 0 Å². The number of pyridine rings is 1. The number of nitrogens with one attached hydrogen (secondary N) is 1. The molecule has 3 aromatic rings. The SMILES string of the molecule is O=C(N[C@H]1CC[C@H](CN2C(=O)C(O)(c3cc(F)ccc3F)c3ccc(F)cc32)CC1)c1cc(Cl)cnc1C(F)F. The fraction of sp³-hybridized carbons (Fsp3) is 0.321. The van der Waals surface area contributed by atoms with E-state index in [4.69, 9.17) is 11.6 Å². The summed E-state index contributed by atoms with van der Waals surface area (Å²) >= 11 is 5.84. The van der Waals surface area contributed by atoms with Crippen LogP contribution in [0.15, 0.2) is 48.7 Å². The number of fused-ring (bicyclic) bond motifs is 1. The Morgan fingerprint density at radius 1 is 1.05 bits per heavy atom. The van der Waals surface area contributed by atoms with Crippen LogP contribution in [-0.4, -0.2) is 34.5 Å². The minimum absolute atomic E-state index is 0.0448. The Kier molecular flexibility index (Phi) is 7.54. The van der Waals surface area contributed by atoms with Gasteiger partial charge in [0.1, 0.15) is 23.1 Å². The van der Waals surface area contributed by atoms with Gasteiger partial charge in [0.15, 0.2) is 5.60 Å². The Morgan fingerprint density at radius 3 is 2.42 bits per heavy atom. The van der Waals surface area contributed by atoms with Gasteiger partial charge in [-0.3, -0.25) is 14.6 Å². The molecule has 2 N–H and O–H groups in total. The molecule has 210 valence electrons. The molecular formula is C28H23ClF5N3O3. The van der Waals surface area contributed by atoms with Crippen molar-refractivity contribution in [2.45, 2.75) is 43.8 Å². The van der Waals surface area contributed by atoms with Crippen LogP contribution in [0.5, 0.6) is 0 Å². The number of rotatable bonds is 6. The van der Waals surface area contributed by atoms with E-state index in [2.05, 4.69) is 10.3 Å². The smallest absolute Gasteiger partial charge is 0.281 e. The minimum atomic E-state index is -2.96. The van der Waals surface area contributed by atoms with Gasteiger partial charge in [0.05, 0.1) is 16.3 Å². The Labute approximate surface area is 230 Å². The first-order valence-electron chi connectivity index (χ1n) is 12.5. The maximum Gasteiger partial charge on any atom is 0.281 e. The van der Waals surface area contributed by atoms with Gasteiger partial charge in [0.25, 0.3) is 18.2 Å². The number of aliphatic hydroxyl groups is 1. The molecule has 6 nitrogen and oxygen atoms in total. The summed E-state index contributed by atoms with van der Waals surface area (Å²) in [5.74, 6) is -4.32. The van der Waals surface area contributed by atoms with Crippen LogP contribution in [-0.2, 0) is 10.4 Å². The predicted octanol–water partition coefficient (Wildman–Crippen LogP) is 5.66. The van der Waals surface area contributed by atoms with Crippen LogP contribution in [0.2, 0.25) is 5.02 Å². The van der Waals surface area contributed by atoms with Gasteiger partial charge in [-0.15, -0.1) is 0 Å². The molecule has 12 heteroatoms. The molecule has 40 heavy (non-hydrogen) atoms. The fourth-order valence-electron chi connectivity index (χ4n) is 5.49. The number of anilines is 1. The van der Waals surface area contributed by atoms with E-state index in [1.165, 1.54) is 11.0 Å². The summed E-state index contributed by atoms with van der Waals surface area (Å²) in [4.78, 5) is 31.0. The monoisotopic (exact) mass is 579 g/mol. The quantitative estimate of drug-likeness (QED) is 0.369. The largest absolute Gasteiger partial charge is 0.372 e. The summed E-state index contributed by atoms with van der Waals surface area (Å²) in [6.07, 6.45) is -0.00871. The van der Waals surface area contributed by atoms with E-state index >= 15 is 0 Å². The van der Waals surface area contributed by atoms with Gasteiger partial charge in [-0.05, 0) is 68.0 Å². The summed E-state index contributed by atoms with van der Waals surface area (Å²) in [6, 6.07) is 6.47. The third kappa shape index (κ3) is 5.03. The molecule has 2 amide bonds. The minimum Gasteiger partial charge on any atom is -0.372 e. The van der Waals surface area contributed by atoms with Crippen molar-refractivity contribution in [1.82, 2.24) is 10.3 Å². The zero-order chi connectivity index (χ0) is 28.8. The molecule has 1 aliphatic carbocycles. The van der Waals surface area contributed by atoms with Crippen LogP contribution < -0.4 is 10.2 Å². The highest BCUT2D eigenvalue weighted by molar-refractivity contribution is 6.30. The lowest BCUT2D eigenvalue weighted by Crippen LogP contribution is -2.45.